The maximum Gasteiger partial charge on any atom is 0.251 e. The number of aliphatic hydroxyl groups is 1. The van der Waals surface area contributed by atoms with Crippen molar-refractivity contribution in [3.05, 3.63) is 29.8 Å². The highest BCUT2D eigenvalue weighted by Gasteiger charge is 2.55. The maximum atomic E-state index is 12.9. The molecule has 4 fully saturated rings. The number of hydrogen-bond acceptors (Lipinski definition) is 3. The van der Waals surface area contributed by atoms with Crippen LogP contribution in [0.15, 0.2) is 24.3 Å². The predicted octanol–water partition coefficient (Wildman–Crippen LogP) is 4.17. The molecule has 0 spiro atoms. The van der Waals surface area contributed by atoms with Crippen LogP contribution in [-0.2, 0) is 0 Å². The van der Waals surface area contributed by atoms with E-state index in [1.807, 2.05) is 24.3 Å². The maximum absolute atomic E-state index is 12.9. The Morgan fingerprint density at radius 2 is 2.04 bits per heavy atom. The molecule has 1 aromatic rings. The average molecular weight is 372 g/mol. The van der Waals surface area contributed by atoms with Gasteiger partial charge in [-0.15, -0.1) is 0 Å². The fourth-order valence-corrected chi connectivity index (χ4v) is 6.27. The topological polar surface area (TPSA) is 58.6 Å². The second-order valence-electron chi connectivity index (χ2n) is 9.37. The van der Waals surface area contributed by atoms with Gasteiger partial charge in [0.25, 0.3) is 5.91 Å². The number of rotatable bonds is 7. The summed E-state index contributed by atoms with van der Waals surface area (Å²) in [7, 11) is 0. The lowest BCUT2D eigenvalue weighted by Gasteiger charge is -2.59. The van der Waals surface area contributed by atoms with E-state index >= 15 is 0 Å². The van der Waals surface area contributed by atoms with Gasteiger partial charge in [-0.2, -0.15) is 0 Å². The molecule has 0 aromatic heterocycles. The molecule has 0 heterocycles. The summed E-state index contributed by atoms with van der Waals surface area (Å²) in [5.41, 5.74) is 0.822. The predicted molar refractivity (Wildman–Crippen MR) is 106 cm³/mol. The zero-order valence-electron chi connectivity index (χ0n) is 16.6. The first-order valence-electron chi connectivity index (χ1n) is 10.7. The Morgan fingerprint density at radius 1 is 1.30 bits per heavy atom. The summed E-state index contributed by atoms with van der Waals surface area (Å²) >= 11 is 0. The molecule has 3 atom stereocenters. The summed E-state index contributed by atoms with van der Waals surface area (Å²) in [5, 5.41) is 13.3. The van der Waals surface area contributed by atoms with Crippen molar-refractivity contribution in [3.8, 4) is 5.75 Å². The first-order chi connectivity index (χ1) is 13.0. The van der Waals surface area contributed by atoms with Gasteiger partial charge in [-0.05, 0) is 86.8 Å². The van der Waals surface area contributed by atoms with Crippen molar-refractivity contribution in [1.29, 1.82) is 0 Å². The van der Waals surface area contributed by atoms with E-state index in [4.69, 9.17) is 4.74 Å². The van der Waals surface area contributed by atoms with E-state index in [0.29, 0.717) is 24.0 Å². The first-order valence-corrected chi connectivity index (χ1v) is 10.7. The molecule has 4 aliphatic carbocycles. The summed E-state index contributed by atoms with van der Waals surface area (Å²) in [6.07, 6.45) is 8.00. The normalized spacial score (nSPS) is 35.1. The van der Waals surface area contributed by atoms with Crippen molar-refractivity contribution in [2.75, 3.05) is 6.61 Å². The zero-order chi connectivity index (χ0) is 19.0. The van der Waals surface area contributed by atoms with E-state index in [1.54, 1.807) is 0 Å². The van der Waals surface area contributed by atoms with Crippen LogP contribution in [0.4, 0.5) is 0 Å². The van der Waals surface area contributed by atoms with E-state index < -0.39 is 0 Å². The lowest BCUT2D eigenvalue weighted by atomic mass is 9.48. The van der Waals surface area contributed by atoms with E-state index in [-0.39, 0.29) is 23.5 Å². The summed E-state index contributed by atoms with van der Waals surface area (Å²) in [4.78, 5) is 12.9. The number of carbonyl (C=O) groups is 1. The highest BCUT2D eigenvalue weighted by Crippen LogP contribution is 2.59. The summed E-state index contributed by atoms with van der Waals surface area (Å²) < 4.78 is 5.95. The van der Waals surface area contributed by atoms with Gasteiger partial charge in [-0.3, -0.25) is 4.79 Å². The van der Waals surface area contributed by atoms with Crippen LogP contribution in [0.3, 0.4) is 0 Å². The Kier molecular flexibility index (Phi) is 5.19. The van der Waals surface area contributed by atoms with Gasteiger partial charge in [-0.1, -0.05) is 19.4 Å². The van der Waals surface area contributed by atoms with Gasteiger partial charge in [0, 0.05) is 18.2 Å². The first kappa shape index (κ1) is 18.8. The standard InChI is InChI=1S/C23H33NO3/c1-3-5-15(2)27-20-7-4-6-17(10-20)22(26)24-21-18-8-16-9-19(21)13-23(11-16,12-18)14-25/h4,6-7,10,15-16,18-19,21,25H,3,5,8-9,11-14H2,1-2H3,(H,24,26). The Hall–Kier alpha value is -1.55. The van der Waals surface area contributed by atoms with Crippen LogP contribution in [0, 0.1) is 23.2 Å². The lowest BCUT2D eigenvalue weighted by molar-refractivity contribution is -0.0969. The zero-order valence-corrected chi connectivity index (χ0v) is 16.6. The number of nitrogens with one attached hydrogen (secondary N) is 1. The minimum atomic E-state index is 0.0131. The molecule has 0 saturated heterocycles. The molecule has 148 valence electrons. The summed E-state index contributed by atoms with van der Waals surface area (Å²) in [6, 6.07) is 7.83. The van der Waals surface area contributed by atoms with Crippen molar-refractivity contribution in [2.24, 2.45) is 23.2 Å². The Labute approximate surface area is 162 Å². The van der Waals surface area contributed by atoms with Gasteiger partial charge in [0.05, 0.1) is 6.10 Å². The molecule has 3 unspecified atom stereocenters. The molecule has 1 amide bonds. The third-order valence-corrected chi connectivity index (χ3v) is 7.16. The third kappa shape index (κ3) is 3.73. The van der Waals surface area contributed by atoms with Crippen LogP contribution in [0.1, 0.15) is 69.2 Å². The number of hydrogen-bond donors (Lipinski definition) is 2. The Morgan fingerprint density at radius 3 is 2.70 bits per heavy atom. The molecule has 4 heteroatoms. The molecule has 2 N–H and O–H groups in total. The molecule has 4 bridgehead atoms. The molecule has 0 aliphatic heterocycles. The number of amides is 1. The number of aliphatic hydroxyl groups excluding tert-OH is 1. The average Bonchev–Trinajstić information content (AvgIpc) is 2.64. The van der Waals surface area contributed by atoms with Crippen molar-refractivity contribution >= 4 is 5.91 Å². The fraction of sp³-hybridized carbons (Fsp3) is 0.696. The number of ether oxygens (including phenoxy) is 1. The molecule has 0 radical (unpaired) electrons. The SMILES string of the molecule is CCCC(C)Oc1cccc(C(=O)NC2C3CC4CC2CC(CO)(C4)C3)c1. The van der Waals surface area contributed by atoms with Crippen LogP contribution in [0.25, 0.3) is 0 Å². The van der Waals surface area contributed by atoms with Crippen molar-refractivity contribution < 1.29 is 14.6 Å². The quantitative estimate of drug-likeness (QED) is 0.756. The van der Waals surface area contributed by atoms with E-state index in [9.17, 15) is 9.90 Å². The van der Waals surface area contributed by atoms with Crippen LogP contribution < -0.4 is 10.1 Å². The molecule has 4 saturated carbocycles. The molecule has 4 aliphatic rings. The van der Waals surface area contributed by atoms with Crippen molar-refractivity contribution in [1.82, 2.24) is 5.32 Å². The van der Waals surface area contributed by atoms with E-state index in [1.165, 1.54) is 19.3 Å². The molecule has 4 nitrogen and oxygen atoms in total. The molecule has 27 heavy (non-hydrogen) atoms. The second kappa shape index (κ2) is 7.46. The van der Waals surface area contributed by atoms with Crippen LogP contribution >= 0.6 is 0 Å². The number of carbonyl (C=O) groups excluding carboxylic acids is 1. The monoisotopic (exact) mass is 371 g/mol. The van der Waals surface area contributed by atoms with Crippen LogP contribution in [-0.4, -0.2) is 29.8 Å². The van der Waals surface area contributed by atoms with Gasteiger partial charge in [-0.25, -0.2) is 0 Å². The highest BCUT2D eigenvalue weighted by molar-refractivity contribution is 5.94. The lowest BCUT2D eigenvalue weighted by Crippen LogP contribution is -2.60. The Balaban J connectivity index is 1.43. The van der Waals surface area contributed by atoms with Gasteiger partial charge in [0.2, 0.25) is 0 Å². The smallest absolute Gasteiger partial charge is 0.251 e. The largest absolute Gasteiger partial charge is 0.491 e. The van der Waals surface area contributed by atoms with Gasteiger partial charge in [0.1, 0.15) is 5.75 Å². The minimum Gasteiger partial charge on any atom is -0.491 e. The summed E-state index contributed by atoms with van der Waals surface area (Å²) in [5.74, 6) is 2.58. The fourth-order valence-electron chi connectivity index (χ4n) is 6.27. The van der Waals surface area contributed by atoms with Gasteiger partial charge in [0.15, 0.2) is 0 Å². The van der Waals surface area contributed by atoms with E-state index in [0.717, 1.165) is 37.4 Å². The Bertz CT molecular complexity index is 672. The van der Waals surface area contributed by atoms with Crippen molar-refractivity contribution in [2.45, 2.75) is 70.9 Å². The highest BCUT2D eigenvalue weighted by atomic mass is 16.5. The van der Waals surface area contributed by atoms with Crippen molar-refractivity contribution in [3.63, 3.8) is 0 Å². The minimum absolute atomic E-state index is 0.0131. The molecular weight excluding hydrogens is 338 g/mol. The molecule has 1 aromatic carbocycles. The summed E-state index contributed by atoms with van der Waals surface area (Å²) in [6.45, 7) is 4.53. The molecular formula is C23H33NO3. The van der Waals surface area contributed by atoms with Gasteiger partial charge < -0.3 is 15.2 Å². The molecule has 5 rings (SSSR count). The second-order valence-corrected chi connectivity index (χ2v) is 9.37. The third-order valence-electron chi connectivity index (χ3n) is 7.16. The van der Waals surface area contributed by atoms with Gasteiger partial charge >= 0.3 is 0 Å². The van der Waals surface area contributed by atoms with Crippen LogP contribution in [0.5, 0.6) is 5.75 Å². The number of benzene rings is 1. The van der Waals surface area contributed by atoms with E-state index in [2.05, 4.69) is 19.2 Å². The van der Waals surface area contributed by atoms with Crippen LogP contribution in [0.2, 0.25) is 0 Å².